The molecular weight excluding hydrogens is 448 g/mol. The first kappa shape index (κ1) is 23.8. The maximum Gasteiger partial charge on any atom is 0.408 e. The van der Waals surface area contributed by atoms with Gasteiger partial charge in [-0.3, -0.25) is 4.79 Å². The third kappa shape index (κ3) is 4.68. The summed E-state index contributed by atoms with van der Waals surface area (Å²) in [7, 11) is 0. The van der Waals surface area contributed by atoms with E-state index in [0.717, 1.165) is 28.3 Å². The molecule has 0 aromatic heterocycles. The number of anilines is 1. The number of carbonyl (C=O) groups is 3. The number of carboxylic acid groups (broad SMARTS) is 1. The second kappa shape index (κ2) is 9.50. The zero-order valence-electron chi connectivity index (χ0n) is 19.4. The van der Waals surface area contributed by atoms with Crippen molar-refractivity contribution >= 4 is 23.7 Å². The van der Waals surface area contributed by atoms with E-state index in [1.54, 1.807) is 6.92 Å². The van der Waals surface area contributed by atoms with Gasteiger partial charge in [0.1, 0.15) is 17.9 Å². The molecular formula is C27H26N2O6. The van der Waals surface area contributed by atoms with Crippen LogP contribution in [0.3, 0.4) is 0 Å². The maximum atomic E-state index is 13.0. The first-order chi connectivity index (χ1) is 16.7. The molecule has 1 unspecified atom stereocenters. The SMILES string of the molecule is CCC(C)(NC(=O)OCC1c2ccccc2-c2ccccc21)C(=O)Nc1cc(C(=O)O)ccc1O. The van der Waals surface area contributed by atoms with E-state index >= 15 is 0 Å². The standard InChI is InChI=1S/C27H26N2O6/c1-3-27(2,25(33)28-22-14-16(24(31)32)12-13-23(22)30)29-26(34)35-15-21-19-10-6-4-8-17(19)18-9-5-7-11-20(18)21/h4-14,21,30H,3,15H2,1-2H3,(H,28,33)(H,29,34)(H,31,32). The van der Waals surface area contributed by atoms with Gasteiger partial charge in [-0.05, 0) is 53.8 Å². The van der Waals surface area contributed by atoms with Gasteiger partial charge in [-0.25, -0.2) is 9.59 Å². The van der Waals surface area contributed by atoms with Crippen LogP contribution in [0.5, 0.6) is 5.75 Å². The smallest absolute Gasteiger partial charge is 0.408 e. The number of aromatic carboxylic acids is 1. The summed E-state index contributed by atoms with van der Waals surface area (Å²) in [5.74, 6) is -2.23. The Balaban J connectivity index is 1.45. The Labute approximate surface area is 202 Å². The van der Waals surface area contributed by atoms with Crippen molar-refractivity contribution in [1.82, 2.24) is 5.32 Å². The molecule has 0 saturated heterocycles. The fourth-order valence-corrected chi connectivity index (χ4v) is 4.19. The van der Waals surface area contributed by atoms with Crippen LogP contribution in [0.1, 0.15) is 47.7 Å². The van der Waals surface area contributed by atoms with Gasteiger partial charge in [0, 0.05) is 5.92 Å². The fraction of sp³-hybridized carbons (Fsp3) is 0.222. The Morgan fingerprint density at radius 2 is 1.57 bits per heavy atom. The molecule has 3 aromatic carbocycles. The van der Waals surface area contributed by atoms with Gasteiger partial charge < -0.3 is 25.6 Å². The van der Waals surface area contributed by atoms with E-state index in [0.29, 0.717) is 0 Å². The molecule has 8 nitrogen and oxygen atoms in total. The first-order valence-corrected chi connectivity index (χ1v) is 11.2. The minimum absolute atomic E-state index is 0.0658. The van der Waals surface area contributed by atoms with Crippen LogP contribution in [0.15, 0.2) is 66.7 Å². The minimum atomic E-state index is -1.37. The average Bonchev–Trinajstić information content (AvgIpc) is 3.17. The molecule has 1 atom stereocenters. The van der Waals surface area contributed by atoms with Crippen molar-refractivity contribution < 1.29 is 29.3 Å². The minimum Gasteiger partial charge on any atom is -0.506 e. The van der Waals surface area contributed by atoms with Crippen molar-refractivity contribution in [2.45, 2.75) is 31.7 Å². The van der Waals surface area contributed by atoms with Crippen molar-refractivity contribution in [1.29, 1.82) is 0 Å². The quantitative estimate of drug-likeness (QED) is 0.367. The Kier molecular flexibility index (Phi) is 6.46. The molecule has 0 aliphatic heterocycles. The largest absolute Gasteiger partial charge is 0.506 e. The number of alkyl carbamates (subject to hydrolysis) is 1. The molecule has 1 aliphatic rings. The lowest BCUT2D eigenvalue weighted by Gasteiger charge is -2.28. The Morgan fingerprint density at radius 1 is 0.971 bits per heavy atom. The van der Waals surface area contributed by atoms with Gasteiger partial charge in [-0.15, -0.1) is 0 Å². The van der Waals surface area contributed by atoms with Crippen LogP contribution >= 0.6 is 0 Å². The highest BCUT2D eigenvalue weighted by atomic mass is 16.5. The monoisotopic (exact) mass is 474 g/mol. The van der Waals surface area contributed by atoms with Crippen LogP contribution in [-0.4, -0.2) is 40.3 Å². The second-order valence-corrected chi connectivity index (χ2v) is 8.63. The number of nitrogens with one attached hydrogen (secondary N) is 2. The highest BCUT2D eigenvalue weighted by molar-refractivity contribution is 6.01. The zero-order chi connectivity index (χ0) is 25.2. The van der Waals surface area contributed by atoms with E-state index in [1.807, 2.05) is 48.5 Å². The average molecular weight is 475 g/mol. The van der Waals surface area contributed by atoms with Gasteiger partial charge >= 0.3 is 12.1 Å². The van der Waals surface area contributed by atoms with E-state index in [2.05, 4.69) is 10.6 Å². The summed E-state index contributed by atoms with van der Waals surface area (Å²) in [6.07, 6.45) is -0.530. The zero-order valence-corrected chi connectivity index (χ0v) is 19.4. The molecule has 35 heavy (non-hydrogen) atoms. The Morgan fingerprint density at radius 3 is 2.14 bits per heavy atom. The lowest BCUT2D eigenvalue weighted by molar-refractivity contribution is -0.121. The van der Waals surface area contributed by atoms with Gasteiger partial charge in [0.2, 0.25) is 5.91 Å². The first-order valence-electron chi connectivity index (χ1n) is 11.2. The molecule has 8 heteroatoms. The highest BCUT2D eigenvalue weighted by Gasteiger charge is 2.35. The van der Waals surface area contributed by atoms with Crippen LogP contribution in [0, 0.1) is 0 Å². The molecule has 4 N–H and O–H groups in total. The third-order valence-electron chi connectivity index (χ3n) is 6.42. The van der Waals surface area contributed by atoms with Crippen LogP contribution in [-0.2, 0) is 9.53 Å². The van der Waals surface area contributed by atoms with E-state index in [4.69, 9.17) is 9.84 Å². The summed E-state index contributed by atoms with van der Waals surface area (Å²) >= 11 is 0. The highest BCUT2D eigenvalue weighted by Crippen LogP contribution is 2.44. The van der Waals surface area contributed by atoms with Crippen molar-refractivity contribution in [3.8, 4) is 16.9 Å². The van der Waals surface area contributed by atoms with Crippen molar-refractivity contribution in [3.05, 3.63) is 83.4 Å². The Hall–Kier alpha value is -4.33. The van der Waals surface area contributed by atoms with E-state index in [1.165, 1.54) is 19.1 Å². The van der Waals surface area contributed by atoms with Gasteiger partial charge in [0.15, 0.2) is 0 Å². The molecule has 4 rings (SSSR count). The van der Waals surface area contributed by atoms with Gasteiger partial charge in [-0.2, -0.15) is 0 Å². The molecule has 180 valence electrons. The molecule has 0 saturated carbocycles. The van der Waals surface area contributed by atoms with Crippen LogP contribution in [0.25, 0.3) is 11.1 Å². The van der Waals surface area contributed by atoms with Crippen molar-refractivity contribution in [2.75, 3.05) is 11.9 Å². The third-order valence-corrected chi connectivity index (χ3v) is 6.42. The molecule has 0 heterocycles. The number of benzene rings is 3. The van der Waals surface area contributed by atoms with E-state index < -0.39 is 23.5 Å². The van der Waals surface area contributed by atoms with Gasteiger partial charge in [0.25, 0.3) is 0 Å². The molecule has 0 spiro atoms. The normalized spacial score (nSPS) is 13.8. The second-order valence-electron chi connectivity index (χ2n) is 8.63. The van der Waals surface area contributed by atoms with Crippen LogP contribution in [0.2, 0.25) is 0 Å². The number of carbonyl (C=O) groups excluding carboxylic acids is 2. The number of aromatic hydroxyl groups is 1. The molecule has 0 bridgehead atoms. The predicted molar refractivity (Wildman–Crippen MR) is 131 cm³/mol. The topological polar surface area (TPSA) is 125 Å². The number of phenolic OH excluding ortho intramolecular Hbond substituents is 1. The molecule has 0 fully saturated rings. The lowest BCUT2D eigenvalue weighted by atomic mass is 9.97. The number of amides is 2. The van der Waals surface area contributed by atoms with Crippen molar-refractivity contribution in [3.63, 3.8) is 0 Å². The predicted octanol–water partition coefficient (Wildman–Crippen LogP) is 4.74. The number of hydrogen-bond donors (Lipinski definition) is 4. The number of hydrogen-bond acceptors (Lipinski definition) is 5. The number of carboxylic acids is 1. The molecule has 3 aromatic rings. The van der Waals surface area contributed by atoms with Gasteiger partial charge in [-0.1, -0.05) is 55.5 Å². The molecule has 0 radical (unpaired) electrons. The fourth-order valence-electron chi connectivity index (χ4n) is 4.19. The number of rotatable bonds is 7. The van der Waals surface area contributed by atoms with E-state index in [-0.39, 0.29) is 35.9 Å². The summed E-state index contributed by atoms with van der Waals surface area (Å²) in [5, 5.41) is 24.3. The summed E-state index contributed by atoms with van der Waals surface area (Å²) < 4.78 is 5.55. The summed E-state index contributed by atoms with van der Waals surface area (Å²) in [5.41, 5.74) is 2.84. The number of ether oxygens (including phenoxy) is 1. The number of phenols is 1. The number of fused-ring (bicyclic) bond motifs is 3. The summed E-state index contributed by atoms with van der Waals surface area (Å²) in [6, 6.07) is 19.5. The van der Waals surface area contributed by atoms with Crippen molar-refractivity contribution in [2.24, 2.45) is 0 Å². The summed E-state index contributed by atoms with van der Waals surface area (Å²) in [4.78, 5) is 36.9. The Bertz CT molecular complexity index is 1260. The maximum absolute atomic E-state index is 13.0. The van der Waals surface area contributed by atoms with Crippen LogP contribution < -0.4 is 10.6 Å². The molecule has 2 amide bonds. The summed E-state index contributed by atoms with van der Waals surface area (Å²) in [6.45, 7) is 3.35. The van der Waals surface area contributed by atoms with Gasteiger partial charge in [0.05, 0.1) is 11.3 Å². The molecule has 1 aliphatic carbocycles. The lowest BCUT2D eigenvalue weighted by Crippen LogP contribution is -2.54. The van der Waals surface area contributed by atoms with Crippen LogP contribution in [0.4, 0.5) is 10.5 Å². The van der Waals surface area contributed by atoms with E-state index in [9.17, 15) is 19.5 Å².